The van der Waals surface area contributed by atoms with E-state index in [0.717, 1.165) is 12.8 Å². The maximum atomic E-state index is 10.4. The minimum Gasteiger partial charge on any atom is -0.378 e. The molecule has 4 rings (SSSR count). The molecule has 1 saturated carbocycles. The van der Waals surface area contributed by atoms with E-state index in [0.29, 0.717) is 11.4 Å². The molecule has 3 aromatic rings. The number of nitrogens with zero attached hydrogens (tertiary/aromatic N) is 3. The minimum absolute atomic E-state index is 0.173. The molecule has 24 heavy (non-hydrogen) atoms. The Hall–Kier alpha value is -2.53. The van der Waals surface area contributed by atoms with E-state index in [1.807, 2.05) is 0 Å². The second kappa shape index (κ2) is 5.53. The van der Waals surface area contributed by atoms with Gasteiger partial charge in [-0.15, -0.1) is 0 Å². The molecule has 0 radical (unpaired) electrons. The quantitative estimate of drug-likeness (QED) is 0.798. The molecule has 0 aliphatic heterocycles. The predicted molar refractivity (Wildman–Crippen MR) is 88.5 cm³/mol. The Balaban J connectivity index is 1.67. The predicted octanol–water partition coefficient (Wildman–Crippen LogP) is 3.24. The van der Waals surface area contributed by atoms with Gasteiger partial charge in [-0.2, -0.15) is 4.98 Å². The fourth-order valence-electron chi connectivity index (χ4n) is 3.24. The summed E-state index contributed by atoms with van der Waals surface area (Å²) in [4.78, 5) is 8.52. The van der Waals surface area contributed by atoms with Crippen LogP contribution in [0.3, 0.4) is 0 Å². The van der Waals surface area contributed by atoms with Gasteiger partial charge in [-0.3, -0.25) is 4.98 Å². The molecule has 1 unspecified atom stereocenters. The second-order valence-corrected chi connectivity index (χ2v) is 6.60. The highest BCUT2D eigenvalue weighted by atomic mass is 16.5. The van der Waals surface area contributed by atoms with Crippen LogP contribution in [0, 0.1) is 13.8 Å². The standard InChI is InChI=1S/C19H19N3O2/c1-12-8-13(2)10-15(9-12)19(5-6-19)18-21-17(24-22-18)16(23)14-4-3-7-20-11-14/h3-4,7-11,16,23H,5-6H2,1-2H3. The van der Waals surface area contributed by atoms with E-state index in [2.05, 4.69) is 47.2 Å². The molecule has 2 aromatic heterocycles. The molecule has 0 amide bonds. The highest BCUT2D eigenvalue weighted by molar-refractivity contribution is 5.43. The van der Waals surface area contributed by atoms with Crippen LogP contribution in [0.2, 0.25) is 0 Å². The zero-order chi connectivity index (χ0) is 16.7. The van der Waals surface area contributed by atoms with Gasteiger partial charge in [-0.1, -0.05) is 40.5 Å². The van der Waals surface area contributed by atoms with Crippen LogP contribution in [-0.4, -0.2) is 20.2 Å². The molecule has 5 nitrogen and oxygen atoms in total. The van der Waals surface area contributed by atoms with Gasteiger partial charge in [0.25, 0.3) is 5.89 Å². The number of hydrogen-bond acceptors (Lipinski definition) is 5. The Bertz CT molecular complexity index is 849. The van der Waals surface area contributed by atoms with E-state index >= 15 is 0 Å². The molecule has 1 fully saturated rings. The molecular formula is C19H19N3O2. The van der Waals surface area contributed by atoms with E-state index in [1.54, 1.807) is 24.5 Å². The van der Waals surface area contributed by atoms with Crippen LogP contribution < -0.4 is 0 Å². The van der Waals surface area contributed by atoms with E-state index in [-0.39, 0.29) is 11.3 Å². The monoisotopic (exact) mass is 321 g/mol. The van der Waals surface area contributed by atoms with Gasteiger partial charge in [-0.05, 0) is 38.3 Å². The van der Waals surface area contributed by atoms with Crippen molar-refractivity contribution in [1.29, 1.82) is 0 Å². The molecule has 0 spiro atoms. The molecule has 5 heteroatoms. The van der Waals surface area contributed by atoms with Gasteiger partial charge >= 0.3 is 0 Å². The lowest BCUT2D eigenvalue weighted by molar-refractivity contribution is 0.170. The fourth-order valence-corrected chi connectivity index (χ4v) is 3.24. The topological polar surface area (TPSA) is 72.0 Å². The van der Waals surface area contributed by atoms with Crippen molar-refractivity contribution in [2.45, 2.75) is 38.2 Å². The zero-order valence-corrected chi connectivity index (χ0v) is 13.7. The van der Waals surface area contributed by atoms with Gasteiger partial charge in [0.1, 0.15) is 0 Å². The summed E-state index contributed by atoms with van der Waals surface area (Å²) in [6.45, 7) is 4.20. The van der Waals surface area contributed by atoms with Gasteiger partial charge < -0.3 is 9.63 Å². The first kappa shape index (κ1) is 15.0. The van der Waals surface area contributed by atoms with Crippen molar-refractivity contribution in [3.8, 4) is 0 Å². The molecule has 122 valence electrons. The molecular weight excluding hydrogens is 302 g/mol. The second-order valence-electron chi connectivity index (χ2n) is 6.60. The Morgan fingerprint density at radius 1 is 1.17 bits per heavy atom. The first-order valence-electron chi connectivity index (χ1n) is 8.09. The van der Waals surface area contributed by atoms with Crippen molar-refractivity contribution in [1.82, 2.24) is 15.1 Å². The van der Waals surface area contributed by atoms with Crippen LogP contribution in [-0.2, 0) is 5.41 Å². The number of hydrogen-bond donors (Lipinski definition) is 1. The summed E-state index contributed by atoms with van der Waals surface area (Å²) in [5, 5.41) is 14.6. The average molecular weight is 321 g/mol. The van der Waals surface area contributed by atoms with Crippen molar-refractivity contribution in [2.24, 2.45) is 0 Å². The summed E-state index contributed by atoms with van der Waals surface area (Å²) in [6.07, 6.45) is 4.31. The maximum Gasteiger partial charge on any atom is 0.260 e. The summed E-state index contributed by atoms with van der Waals surface area (Å²) in [5.74, 6) is 0.874. The van der Waals surface area contributed by atoms with E-state index < -0.39 is 6.10 Å². The smallest absolute Gasteiger partial charge is 0.260 e. The molecule has 0 saturated heterocycles. The first-order chi connectivity index (χ1) is 11.6. The number of aliphatic hydroxyl groups excluding tert-OH is 1. The lowest BCUT2D eigenvalue weighted by atomic mass is 9.92. The molecule has 1 atom stereocenters. The largest absolute Gasteiger partial charge is 0.378 e. The van der Waals surface area contributed by atoms with Gasteiger partial charge in [0.15, 0.2) is 11.9 Å². The summed E-state index contributed by atoms with van der Waals surface area (Å²) in [6, 6.07) is 10.1. The lowest BCUT2D eigenvalue weighted by Gasteiger charge is -2.13. The Morgan fingerprint density at radius 3 is 2.54 bits per heavy atom. The highest BCUT2D eigenvalue weighted by Crippen LogP contribution is 2.52. The number of pyridine rings is 1. The summed E-state index contributed by atoms with van der Waals surface area (Å²) in [5.41, 5.74) is 4.16. The van der Waals surface area contributed by atoms with Crippen molar-refractivity contribution in [2.75, 3.05) is 0 Å². The van der Waals surface area contributed by atoms with E-state index in [9.17, 15) is 5.11 Å². The van der Waals surface area contributed by atoms with E-state index in [4.69, 9.17) is 4.52 Å². The normalized spacial score (nSPS) is 16.8. The molecule has 1 aliphatic rings. The Morgan fingerprint density at radius 2 is 1.92 bits per heavy atom. The fraction of sp³-hybridized carbons (Fsp3) is 0.316. The van der Waals surface area contributed by atoms with Crippen molar-refractivity contribution < 1.29 is 9.63 Å². The van der Waals surface area contributed by atoms with Crippen LogP contribution in [0.15, 0.2) is 47.2 Å². The number of aromatic nitrogens is 3. The van der Waals surface area contributed by atoms with Crippen LogP contribution >= 0.6 is 0 Å². The maximum absolute atomic E-state index is 10.4. The summed E-state index contributed by atoms with van der Waals surface area (Å²) < 4.78 is 5.35. The number of aliphatic hydroxyl groups is 1. The van der Waals surface area contributed by atoms with Gasteiger partial charge in [-0.25, -0.2) is 0 Å². The number of benzene rings is 1. The molecule has 2 heterocycles. The summed E-state index contributed by atoms with van der Waals surface area (Å²) >= 11 is 0. The van der Waals surface area contributed by atoms with Crippen LogP contribution in [0.5, 0.6) is 0 Å². The van der Waals surface area contributed by atoms with Crippen molar-refractivity contribution in [3.63, 3.8) is 0 Å². The van der Waals surface area contributed by atoms with Gasteiger partial charge in [0.05, 0.1) is 5.41 Å². The third-order valence-corrected chi connectivity index (χ3v) is 4.63. The molecule has 0 bridgehead atoms. The van der Waals surface area contributed by atoms with Crippen LogP contribution in [0.25, 0.3) is 0 Å². The third-order valence-electron chi connectivity index (χ3n) is 4.63. The SMILES string of the molecule is Cc1cc(C)cc(C2(c3noc(C(O)c4cccnc4)n3)CC2)c1. The number of aryl methyl sites for hydroxylation is 2. The third kappa shape index (κ3) is 2.51. The zero-order valence-electron chi connectivity index (χ0n) is 13.7. The highest BCUT2D eigenvalue weighted by Gasteiger charge is 2.50. The van der Waals surface area contributed by atoms with Gasteiger partial charge in [0.2, 0.25) is 0 Å². The van der Waals surface area contributed by atoms with Gasteiger partial charge in [0, 0.05) is 18.0 Å². The van der Waals surface area contributed by atoms with Crippen LogP contribution in [0.4, 0.5) is 0 Å². The Labute approximate surface area is 140 Å². The number of rotatable bonds is 4. The van der Waals surface area contributed by atoms with Crippen LogP contribution in [0.1, 0.15) is 52.9 Å². The van der Waals surface area contributed by atoms with E-state index in [1.165, 1.54) is 16.7 Å². The Kier molecular flexibility index (Phi) is 3.46. The lowest BCUT2D eigenvalue weighted by Crippen LogP contribution is -2.12. The van der Waals surface area contributed by atoms with Crippen molar-refractivity contribution in [3.05, 3.63) is 76.7 Å². The minimum atomic E-state index is -0.949. The molecule has 1 aliphatic carbocycles. The van der Waals surface area contributed by atoms with Crippen molar-refractivity contribution >= 4 is 0 Å². The molecule has 1 N–H and O–H groups in total. The average Bonchev–Trinajstić information content (AvgIpc) is 3.24. The first-order valence-corrected chi connectivity index (χ1v) is 8.09. The molecule has 1 aromatic carbocycles. The summed E-state index contributed by atoms with van der Waals surface area (Å²) in [7, 11) is 0.